The first-order valence-corrected chi connectivity index (χ1v) is 10.3. The van der Waals surface area contributed by atoms with Crippen LogP contribution < -0.4 is 10.6 Å². The van der Waals surface area contributed by atoms with E-state index in [0.717, 1.165) is 38.5 Å². The highest BCUT2D eigenvalue weighted by Crippen LogP contribution is 2.18. The average molecular weight is 420 g/mol. The fourth-order valence-electron chi connectivity index (χ4n) is 3.50. The van der Waals surface area contributed by atoms with E-state index in [9.17, 15) is 4.79 Å². The number of halogens is 2. The average Bonchev–Trinajstić information content (AvgIpc) is 2.63. The molecule has 2 N–H and O–H groups in total. The summed E-state index contributed by atoms with van der Waals surface area (Å²) in [5.74, 6) is 3.07. The number of likely N-dealkylation sites (tertiary alicyclic amines) is 1. The van der Waals surface area contributed by atoms with Gasteiger partial charge in [-0.15, -0.1) is 24.8 Å². The smallest absolute Gasteiger partial charge is 0.221 e. The topological polar surface area (TPSA) is 44.4 Å². The van der Waals surface area contributed by atoms with Gasteiger partial charge in [-0.3, -0.25) is 9.69 Å². The minimum absolute atomic E-state index is 0. The normalized spacial score (nSPS) is 21.3. The van der Waals surface area contributed by atoms with Crippen LogP contribution in [-0.4, -0.2) is 54.5 Å². The van der Waals surface area contributed by atoms with E-state index in [-0.39, 0.29) is 30.7 Å². The molecule has 2 saturated heterocycles. The van der Waals surface area contributed by atoms with Gasteiger partial charge in [0.25, 0.3) is 0 Å². The number of carbonyl (C=O) groups is 1. The Hall–Kier alpha value is -0.460. The number of rotatable bonds is 6. The van der Waals surface area contributed by atoms with Crippen LogP contribution in [0, 0.1) is 5.92 Å². The summed E-state index contributed by atoms with van der Waals surface area (Å²) in [5, 5.41) is 6.59. The van der Waals surface area contributed by atoms with Crippen molar-refractivity contribution in [1.82, 2.24) is 15.5 Å². The number of thioether (sulfide) groups is 1. The number of hydrogen-bond donors (Lipinski definition) is 2. The van der Waals surface area contributed by atoms with E-state index in [1.807, 2.05) is 11.8 Å². The molecule has 1 aromatic rings. The maximum atomic E-state index is 12.1. The zero-order chi connectivity index (χ0) is 16.6. The summed E-state index contributed by atoms with van der Waals surface area (Å²) >= 11 is 1.94. The predicted molar refractivity (Wildman–Crippen MR) is 116 cm³/mol. The highest BCUT2D eigenvalue weighted by molar-refractivity contribution is 7.99. The minimum Gasteiger partial charge on any atom is -0.356 e. The van der Waals surface area contributed by atoms with Crippen molar-refractivity contribution >= 4 is 42.5 Å². The quantitative estimate of drug-likeness (QED) is 0.743. The summed E-state index contributed by atoms with van der Waals surface area (Å²) in [6, 6.07) is 11.0. The second kappa shape index (κ2) is 12.8. The van der Waals surface area contributed by atoms with E-state index in [0.29, 0.717) is 18.4 Å². The Labute approximate surface area is 174 Å². The molecule has 2 heterocycles. The molecule has 3 rings (SSSR count). The third kappa shape index (κ3) is 8.05. The zero-order valence-corrected chi connectivity index (χ0v) is 17.6. The van der Waals surface area contributed by atoms with Crippen molar-refractivity contribution < 1.29 is 4.79 Å². The molecular weight excluding hydrogens is 389 g/mol. The molecule has 2 aliphatic rings. The molecular formula is C19H31Cl2N3OS. The summed E-state index contributed by atoms with van der Waals surface area (Å²) < 4.78 is 0. The molecule has 0 radical (unpaired) electrons. The molecule has 0 bridgehead atoms. The number of hydrogen-bond acceptors (Lipinski definition) is 4. The standard InChI is InChI=1S/C19H29N3OS.2ClH/c23-19(12-18-15-24-11-8-20-18)21-13-16-6-9-22(10-7-16)14-17-4-2-1-3-5-17;;/h1-5,16,18,20H,6-15H2,(H,21,23);2*1H. The molecule has 1 aromatic carbocycles. The molecule has 4 nitrogen and oxygen atoms in total. The molecule has 1 unspecified atom stereocenters. The fourth-order valence-corrected chi connectivity index (χ4v) is 4.44. The third-order valence-corrected chi connectivity index (χ3v) is 6.11. The molecule has 2 fully saturated rings. The van der Waals surface area contributed by atoms with Crippen molar-refractivity contribution in [3.8, 4) is 0 Å². The number of carbonyl (C=O) groups excluding carboxylic acids is 1. The zero-order valence-electron chi connectivity index (χ0n) is 15.2. The minimum atomic E-state index is 0. The Balaban J connectivity index is 0.00000169. The van der Waals surface area contributed by atoms with Gasteiger partial charge in [-0.2, -0.15) is 11.8 Å². The molecule has 0 aromatic heterocycles. The van der Waals surface area contributed by atoms with Crippen molar-refractivity contribution in [3.63, 3.8) is 0 Å². The Morgan fingerprint density at radius 2 is 1.92 bits per heavy atom. The first kappa shape index (κ1) is 23.6. The summed E-state index contributed by atoms with van der Waals surface area (Å²) in [6.45, 7) is 5.19. The Bertz CT molecular complexity index is 507. The highest BCUT2D eigenvalue weighted by Gasteiger charge is 2.21. The molecule has 1 atom stereocenters. The first-order valence-electron chi connectivity index (χ1n) is 9.13. The van der Waals surface area contributed by atoms with Crippen LogP contribution >= 0.6 is 36.6 Å². The van der Waals surface area contributed by atoms with Crippen LogP contribution in [0.3, 0.4) is 0 Å². The molecule has 1 amide bonds. The summed E-state index contributed by atoms with van der Waals surface area (Å²) in [5.41, 5.74) is 1.39. The van der Waals surface area contributed by atoms with Crippen LogP contribution in [0.2, 0.25) is 0 Å². The lowest BCUT2D eigenvalue weighted by Gasteiger charge is -2.32. The number of nitrogens with zero attached hydrogens (tertiary/aromatic N) is 1. The number of amides is 1. The van der Waals surface area contributed by atoms with Gasteiger partial charge in [0.15, 0.2) is 0 Å². The van der Waals surface area contributed by atoms with Gasteiger partial charge in [-0.05, 0) is 37.4 Å². The van der Waals surface area contributed by atoms with E-state index in [4.69, 9.17) is 0 Å². The second-order valence-electron chi connectivity index (χ2n) is 6.94. The van der Waals surface area contributed by atoms with E-state index in [1.54, 1.807) is 0 Å². The second-order valence-corrected chi connectivity index (χ2v) is 8.09. The van der Waals surface area contributed by atoms with E-state index in [1.165, 1.54) is 24.2 Å². The van der Waals surface area contributed by atoms with Crippen molar-refractivity contribution in [2.45, 2.75) is 31.8 Å². The summed E-state index contributed by atoms with van der Waals surface area (Å²) in [6.07, 6.45) is 3.00. The lowest BCUT2D eigenvalue weighted by atomic mass is 9.96. The first-order chi connectivity index (χ1) is 11.8. The third-order valence-electron chi connectivity index (χ3n) is 4.97. The molecule has 0 spiro atoms. The van der Waals surface area contributed by atoms with Gasteiger partial charge in [-0.25, -0.2) is 0 Å². The van der Waals surface area contributed by atoms with Crippen molar-refractivity contribution in [2.75, 3.05) is 37.7 Å². The van der Waals surface area contributed by atoms with E-state index < -0.39 is 0 Å². The number of benzene rings is 1. The van der Waals surface area contributed by atoms with Gasteiger partial charge >= 0.3 is 0 Å². The molecule has 148 valence electrons. The maximum Gasteiger partial charge on any atom is 0.221 e. The van der Waals surface area contributed by atoms with Crippen LogP contribution in [0.4, 0.5) is 0 Å². The molecule has 26 heavy (non-hydrogen) atoms. The van der Waals surface area contributed by atoms with Gasteiger partial charge in [-0.1, -0.05) is 30.3 Å². The van der Waals surface area contributed by atoms with Crippen LogP contribution in [0.15, 0.2) is 30.3 Å². The van der Waals surface area contributed by atoms with E-state index >= 15 is 0 Å². The van der Waals surface area contributed by atoms with Crippen molar-refractivity contribution in [2.24, 2.45) is 5.92 Å². The Morgan fingerprint density at radius 3 is 2.58 bits per heavy atom. The Kier molecular flexibility index (Phi) is 11.6. The van der Waals surface area contributed by atoms with Crippen molar-refractivity contribution in [3.05, 3.63) is 35.9 Å². The maximum absolute atomic E-state index is 12.1. The number of nitrogens with one attached hydrogen (secondary N) is 2. The molecule has 0 saturated carbocycles. The lowest BCUT2D eigenvalue weighted by molar-refractivity contribution is -0.121. The van der Waals surface area contributed by atoms with Crippen LogP contribution in [0.25, 0.3) is 0 Å². The molecule has 0 aliphatic carbocycles. The lowest BCUT2D eigenvalue weighted by Crippen LogP contribution is -2.43. The summed E-state index contributed by atoms with van der Waals surface area (Å²) in [4.78, 5) is 14.6. The van der Waals surface area contributed by atoms with Crippen LogP contribution in [0.5, 0.6) is 0 Å². The largest absolute Gasteiger partial charge is 0.356 e. The van der Waals surface area contributed by atoms with Crippen LogP contribution in [-0.2, 0) is 11.3 Å². The van der Waals surface area contributed by atoms with Gasteiger partial charge in [0.05, 0.1) is 0 Å². The monoisotopic (exact) mass is 419 g/mol. The number of piperidine rings is 1. The van der Waals surface area contributed by atoms with Gasteiger partial charge < -0.3 is 10.6 Å². The van der Waals surface area contributed by atoms with E-state index in [2.05, 4.69) is 45.9 Å². The van der Waals surface area contributed by atoms with Gasteiger partial charge in [0.2, 0.25) is 5.91 Å². The predicted octanol–water partition coefficient (Wildman–Crippen LogP) is 2.95. The molecule has 2 aliphatic heterocycles. The van der Waals surface area contributed by atoms with Crippen LogP contribution in [0.1, 0.15) is 24.8 Å². The van der Waals surface area contributed by atoms with Crippen molar-refractivity contribution in [1.29, 1.82) is 0 Å². The summed E-state index contributed by atoms with van der Waals surface area (Å²) in [7, 11) is 0. The van der Waals surface area contributed by atoms with Gasteiger partial charge in [0.1, 0.15) is 0 Å². The fraction of sp³-hybridized carbons (Fsp3) is 0.632. The highest BCUT2D eigenvalue weighted by atomic mass is 35.5. The van der Waals surface area contributed by atoms with Gasteiger partial charge in [0, 0.05) is 43.6 Å². The SMILES string of the molecule is Cl.Cl.O=C(CC1CSCCN1)NCC1CCN(Cc2ccccc2)CC1. The Morgan fingerprint density at radius 1 is 1.19 bits per heavy atom. The molecule has 7 heteroatoms.